The van der Waals surface area contributed by atoms with Gasteiger partial charge in [-0.1, -0.05) is 37.3 Å². The number of nitrogens with zero attached hydrogens (tertiary/aromatic N) is 1. The van der Waals surface area contributed by atoms with Gasteiger partial charge in [-0.3, -0.25) is 4.98 Å². The first-order valence-electron chi connectivity index (χ1n) is 7.43. The smallest absolute Gasteiger partial charge is 0.0702 e. The van der Waals surface area contributed by atoms with Crippen LogP contribution in [0.3, 0.4) is 0 Å². The number of aromatic nitrogens is 1. The molecule has 2 aromatic carbocycles. The predicted molar refractivity (Wildman–Crippen MR) is 89.3 cm³/mol. The third-order valence-electron chi connectivity index (χ3n) is 3.78. The Morgan fingerprint density at radius 3 is 2.76 bits per heavy atom. The molecule has 0 atom stereocenters. The SMILES string of the molecule is CCNCc1ccc(-c2ccc3ncccc3c2)c(C)c1. The van der Waals surface area contributed by atoms with Gasteiger partial charge in [-0.25, -0.2) is 0 Å². The van der Waals surface area contributed by atoms with Gasteiger partial charge in [-0.2, -0.15) is 0 Å². The van der Waals surface area contributed by atoms with Gasteiger partial charge >= 0.3 is 0 Å². The van der Waals surface area contributed by atoms with Gasteiger partial charge in [-0.05, 0) is 53.9 Å². The topological polar surface area (TPSA) is 24.9 Å². The van der Waals surface area contributed by atoms with Crippen molar-refractivity contribution >= 4 is 10.9 Å². The van der Waals surface area contributed by atoms with E-state index in [0.29, 0.717) is 0 Å². The molecule has 0 fully saturated rings. The molecule has 3 aromatic rings. The van der Waals surface area contributed by atoms with Crippen LogP contribution in [-0.2, 0) is 6.54 Å². The van der Waals surface area contributed by atoms with Crippen LogP contribution >= 0.6 is 0 Å². The Labute approximate surface area is 125 Å². The monoisotopic (exact) mass is 276 g/mol. The molecular weight excluding hydrogens is 256 g/mol. The van der Waals surface area contributed by atoms with E-state index in [1.807, 2.05) is 12.3 Å². The van der Waals surface area contributed by atoms with Crippen molar-refractivity contribution in [3.8, 4) is 11.1 Å². The molecule has 106 valence electrons. The highest BCUT2D eigenvalue weighted by Gasteiger charge is 2.04. The molecule has 0 saturated carbocycles. The van der Waals surface area contributed by atoms with Gasteiger partial charge in [0.25, 0.3) is 0 Å². The summed E-state index contributed by atoms with van der Waals surface area (Å²) in [5.41, 5.74) is 6.24. The van der Waals surface area contributed by atoms with Gasteiger partial charge in [0.2, 0.25) is 0 Å². The van der Waals surface area contributed by atoms with Crippen molar-refractivity contribution < 1.29 is 0 Å². The van der Waals surface area contributed by atoms with Crippen molar-refractivity contribution in [3.63, 3.8) is 0 Å². The summed E-state index contributed by atoms with van der Waals surface area (Å²) in [4.78, 5) is 4.38. The number of fused-ring (bicyclic) bond motifs is 1. The minimum atomic E-state index is 0.930. The Bertz CT molecular complexity index is 762. The maximum Gasteiger partial charge on any atom is 0.0702 e. The normalized spacial score (nSPS) is 11.0. The Morgan fingerprint density at radius 1 is 1.05 bits per heavy atom. The third-order valence-corrected chi connectivity index (χ3v) is 3.78. The minimum Gasteiger partial charge on any atom is -0.313 e. The molecule has 0 saturated heterocycles. The van der Waals surface area contributed by atoms with E-state index >= 15 is 0 Å². The molecule has 2 nitrogen and oxygen atoms in total. The maximum absolute atomic E-state index is 4.38. The predicted octanol–water partition coefficient (Wildman–Crippen LogP) is 4.32. The molecule has 0 spiro atoms. The van der Waals surface area contributed by atoms with Crippen LogP contribution in [0.15, 0.2) is 54.7 Å². The summed E-state index contributed by atoms with van der Waals surface area (Å²) in [6, 6.07) is 17.3. The van der Waals surface area contributed by atoms with E-state index in [1.165, 1.54) is 27.6 Å². The van der Waals surface area contributed by atoms with Crippen molar-refractivity contribution in [2.24, 2.45) is 0 Å². The first kappa shape index (κ1) is 13.8. The average Bonchev–Trinajstić information content (AvgIpc) is 2.52. The molecule has 1 aromatic heterocycles. The number of rotatable bonds is 4. The molecule has 1 N–H and O–H groups in total. The second-order valence-corrected chi connectivity index (χ2v) is 5.34. The van der Waals surface area contributed by atoms with Crippen LogP contribution in [0.25, 0.3) is 22.0 Å². The van der Waals surface area contributed by atoms with Gasteiger partial charge in [0.05, 0.1) is 5.52 Å². The largest absolute Gasteiger partial charge is 0.313 e. The summed E-state index contributed by atoms with van der Waals surface area (Å²) in [7, 11) is 0. The summed E-state index contributed by atoms with van der Waals surface area (Å²) in [5, 5.41) is 4.55. The van der Waals surface area contributed by atoms with Gasteiger partial charge in [-0.15, -0.1) is 0 Å². The molecule has 0 aliphatic rings. The molecule has 0 bridgehead atoms. The summed E-state index contributed by atoms with van der Waals surface area (Å²) in [5.74, 6) is 0. The highest BCUT2D eigenvalue weighted by atomic mass is 14.8. The summed E-state index contributed by atoms with van der Waals surface area (Å²) in [6.07, 6.45) is 1.84. The van der Waals surface area contributed by atoms with Crippen molar-refractivity contribution in [1.82, 2.24) is 10.3 Å². The molecule has 21 heavy (non-hydrogen) atoms. The van der Waals surface area contributed by atoms with Crippen molar-refractivity contribution in [2.75, 3.05) is 6.54 Å². The Kier molecular flexibility index (Phi) is 3.98. The van der Waals surface area contributed by atoms with Crippen LogP contribution in [-0.4, -0.2) is 11.5 Å². The van der Waals surface area contributed by atoms with Crippen LogP contribution in [0.2, 0.25) is 0 Å². The molecule has 3 rings (SSSR count). The lowest BCUT2D eigenvalue weighted by Gasteiger charge is -2.10. The molecule has 1 heterocycles. The maximum atomic E-state index is 4.38. The molecule has 0 aliphatic carbocycles. The van der Waals surface area contributed by atoms with Gasteiger partial charge in [0.15, 0.2) is 0 Å². The fourth-order valence-corrected chi connectivity index (χ4v) is 2.67. The highest BCUT2D eigenvalue weighted by Crippen LogP contribution is 2.27. The number of hydrogen-bond donors (Lipinski definition) is 1. The fourth-order valence-electron chi connectivity index (χ4n) is 2.67. The second-order valence-electron chi connectivity index (χ2n) is 5.34. The minimum absolute atomic E-state index is 0.930. The van der Waals surface area contributed by atoms with Crippen LogP contribution in [0.4, 0.5) is 0 Å². The zero-order chi connectivity index (χ0) is 14.7. The van der Waals surface area contributed by atoms with Crippen molar-refractivity contribution in [3.05, 3.63) is 65.9 Å². The van der Waals surface area contributed by atoms with Crippen molar-refractivity contribution in [2.45, 2.75) is 20.4 Å². The Hall–Kier alpha value is -2.19. The van der Waals surface area contributed by atoms with E-state index in [1.54, 1.807) is 0 Å². The third kappa shape index (κ3) is 2.96. The Balaban J connectivity index is 1.98. The first-order valence-corrected chi connectivity index (χ1v) is 7.43. The van der Waals surface area contributed by atoms with Gasteiger partial charge in [0.1, 0.15) is 0 Å². The quantitative estimate of drug-likeness (QED) is 0.767. The van der Waals surface area contributed by atoms with Gasteiger partial charge < -0.3 is 5.32 Å². The molecule has 2 heteroatoms. The zero-order valence-electron chi connectivity index (χ0n) is 12.6. The number of pyridine rings is 1. The van der Waals surface area contributed by atoms with E-state index in [-0.39, 0.29) is 0 Å². The lowest BCUT2D eigenvalue weighted by atomic mass is 9.97. The number of aryl methyl sites for hydroxylation is 1. The average molecular weight is 276 g/mol. The standard InChI is InChI=1S/C19H20N2/c1-3-20-13-15-6-8-18(14(2)11-15)16-7-9-19-17(12-16)5-4-10-21-19/h4-12,20H,3,13H2,1-2H3. The molecule has 0 amide bonds. The summed E-state index contributed by atoms with van der Waals surface area (Å²) in [6.45, 7) is 6.24. The zero-order valence-corrected chi connectivity index (χ0v) is 12.6. The summed E-state index contributed by atoms with van der Waals surface area (Å²) >= 11 is 0. The van der Waals surface area contributed by atoms with E-state index in [4.69, 9.17) is 0 Å². The van der Waals surface area contributed by atoms with Gasteiger partial charge in [0, 0.05) is 18.1 Å². The Morgan fingerprint density at radius 2 is 1.95 bits per heavy atom. The molecular formula is C19H20N2. The molecule has 0 unspecified atom stereocenters. The molecule has 0 radical (unpaired) electrons. The lowest BCUT2D eigenvalue weighted by Crippen LogP contribution is -2.11. The fraction of sp³-hybridized carbons (Fsp3) is 0.211. The van der Waals surface area contributed by atoms with E-state index in [0.717, 1.165) is 18.6 Å². The second kappa shape index (κ2) is 6.06. The molecule has 0 aliphatic heterocycles. The van der Waals surface area contributed by atoms with Crippen LogP contribution < -0.4 is 5.32 Å². The van der Waals surface area contributed by atoms with E-state index in [9.17, 15) is 0 Å². The summed E-state index contributed by atoms with van der Waals surface area (Å²) < 4.78 is 0. The number of benzene rings is 2. The van der Waals surface area contributed by atoms with Crippen LogP contribution in [0.5, 0.6) is 0 Å². The number of hydrogen-bond acceptors (Lipinski definition) is 2. The highest BCUT2D eigenvalue weighted by molar-refractivity contribution is 5.84. The number of nitrogens with one attached hydrogen (secondary N) is 1. The lowest BCUT2D eigenvalue weighted by molar-refractivity contribution is 0.726. The first-order chi connectivity index (χ1) is 10.3. The van der Waals surface area contributed by atoms with Crippen molar-refractivity contribution in [1.29, 1.82) is 0 Å². The van der Waals surface area contributed by atoms with E-state index < -0.39 is 0 Å². The van der Waals surface area contributed by atoms with Crippen LogP contribution in [0, 0.1) is 6.92 Å². The van der Waals surface area contributed by atoms with E-state index in [2.05, 4.69) is 66.6 Å². The van der Waals surface area contributed by atoms with Crippen LogP contribution in [0.1, 0.15) is 18.1 Å².